The molecule has 0 amide bonds. The molecule has 1 N–H and O–H groups in total. The Morgan fingerprint density at radius 1 is 1.33 bits per heavy atom. The van der Waals surface area contributed by atoms with Crippen molar-refractivity contribution in [2.24, 2.45) is 5.41 Å². The van der Waals surface area contributed by atoms with Crippen LogP contribution in [0.1, 0.15) is 38.7 Å². The molecule has 1 aromatic rings. The molecule has 2 aliphatic rings. The van der Waals surface area contributed by atoms with Crippen LogP contribution in [-0.2, 0) is 6.42 Å². The van der Waals surface area contributed by atoms with Gasteiger partial charge in [0.2, 0.25) is 0 Å². The van der Waals surface area contributed by atoms with Crippen LogP contribution in [0, 0.1) is 5.41 Å². The predicted octanol–water partition coefficient (Wildman–Crippen LogP) is 3.55. The third-order valence-corrected chi connectivity index (χ3v) is 4.92. The van der Waals surface area contributed by atoms with E-state index in [1.165, 1.54) is 43.5 Å². The van der Waals surface area contributed by atoms with Crippen LogP contribution in [0.15, 0.2) is 18.2 Å². The Hall–Kier alpha value is -1.22. The molecule has 21 heavy (non-hydrogen) atoms. The van der Waals surface area contributed by atoms with Gasteiger partial charge in [-0.1, -0.05) is 26.0 Å². The van der Waals surface area contributed by atoms with Crippen LogP contribution < -0.4 is 10.1 Å². The number of likely N-dealkylation sites (tertiary alicyclic amines) is 1. The summed E-state index contributed by atoms with van der Waals surface area (Å²) in [6, 6.07) is 6.46. The zero-order chi connectivity index (χ0) is 14.7. The van der Waals surface area contributed by atoms with Crippen molar-refractivity contribution < 1.29 is 4.74 Å². The maximum atomic E-state index is 6.25. The second-order valence-electron chi connectivity index (χ2n) is 6.89. The largest absolute Gasteiger partial charge is 0.491 e. The van der Waals surface area contributed by atoms with E-state index in [2.05, 4.69) is 42.3 Å². The summed E-state index contributed by atoms with van der Waals surface area (Å²) in [5.74, 6) is 1.04. The highest BCUT2D eigenvalue weighted by Crippen LogP contribution is 2.35. The number of nitrogens with one attached hydrogen (secondary N) is 1. The topological polar surface area (TPSA) is 24.5 Å². The summed E-state index contributed by atoms with van der Waals surface area (Å²) in [4.78, 5) is 2.55. The van der Waals surface area contributed by atoms with Crippen LogP contribution in [0.25, 0.3) is 0 Å². The van der Waals surface area contributed by atoms with Gasteiger partial charge in [-0.25, -0.2) is 0 Å². The summed E-state index contributed by atoms with van der Waals surface area (Å²) in [6.07, 6.45) is 4.95. The molecule has 0 bridgehead atoms. The highest BCUT2D eigenvalue weighted by atomic mass is 16.5. The normalized spacial score (nSPS) is 26.0. The van der Waals surface area contributed by atoms with Crippen molar-refractivity contribution in [1.82, 2.24) is 4.90 Å². The van der Waals surface area contributed by atoms with Crippen LogP contribution in [0.5, 0.6) is 5.75 Å². The van der Waals surface area contributed by atoms with Crippen molar-refractivity contribution in [3.05, 3.63) is 23.8 Å². The van der Waals surface area contributed by atoms with Gasteiger partial charge in [0, 0.05) is 18.5 Å². The van der Waals surface area contributed by atoms with Crippen molar-refractivity contribution in [2.75, 3.05) is 38.1 Å². The number of aryl methyl sites for hydroxylation is 1. The fourth-order valence-electron chi connectivity index (χ4n) is 3.67. The quantitative estimate of drug-likeness (QED) is 0.917. The number of hydrogen-bond donors (Lipinski definition) is 1. The number of piperidine rings is 1. The lowest BCUT2D eigenvalue weighted by Crippen LogP contribution is -2.44. The Bertz CT molecular complexity index is 488. The number of fused-ring (bicyclic) bond motifs is 1. The standard InChI is InChI=1S/C18H28N2O/c1-3-20-12-6-10-18(2,13-20)14-21-16-9-4-7-15-8-5-11-19-17(15)16/h4,7,9,19H,3,5-6,8,10-14H2,1-2H3. The lowest BCUT2D eigenvalue weighted by atomic mass is 9.82. The molecule has 1 unspecified atom stereocenters. The number of ether oxygens (including phenoxy) is 1. The van der Waals surface area contributed by atoms with E-state index in [4.69, 9.17) is 4.74 Å². The van der Waals surface area contributed by atoms with E-state index < -0.39 is 0 Å². The lowest BCUT2D eigenvalue weighted by Gasteiger charge is -2.40. The zero-order valence-electron chi connectivity index (χ0n) is 13.5. The van der Waals surface area contributed by atoms with Gasteiger partial charge in [0.05, 0.1) is 12.3 Å². The van der Waals surface area contributed by atoms with Gasteiger partial charge >= 0.3 is 0 Å². The minimum Gasteiger partial charge on any atom is -0.491 e. The molecule has 1 atom stereocenters. The molecule has 116 valence electrons. The van der Waals surface area contributed by atoms with Gasteiger partial charge in [-0.05, 0) is 50.4 Å². The molecule has 3 nitrogen and oxygen atoms in total. The summed E-state index contributed by atoms with van der Waals surface area (Å²) in [5.41, 5.74) is 2.92. The minimum absolute atomic E-state index is 0.283. The van der Waals surface area contributed by atoms with Gasteiger partial charge < -0.3 is 15.0 Å². The average Bonchev–Trinajstić information content (AvgIpc) is 2.53. The van der Waals surface area contributed by atoms with E-state index in [1.807, 2.05) is 0 Å². The highest BCUT2D eigenvalue weighted by molar-refractivity contribution is 5.63. The first-order valence-corrected chi connectivity index (χ1v) is 8.41. The van der Waals surface area contributed by atoms with Crippen LogP contribution in [0.3, 0.4) is 0 Å². The fourth-order valence-corrected chi connectivity index (χ4v) is 3.67. The molecule has 1 saturated heterocycles. The van der Waals surface area contributed by atoms with Gasteiger partial charge in [-0.2, -0.15) is 0 Å². The number of para-hydroxylation sites is 1. The van der Waals surface area contributed by atoms with E-state index in [1.54, 1.807) is 0 Å². The van der Waals surface area contributed by atoms with E-state index in [0.29, 0.717) is 0 Å². The Labute approximate surface area is 128 Å². The van der Waals surface area contributed by atoms with Gasteiger partial charge in [0.25, 0.3) is 0 Å². The van der Waals surface area contributed by atoms with Gasteiger partial charge in [-0.15, -0.1) is 0 Å². The molecule has 1 fully saturated rings. The average molecular weight is 288 g/mol. The Balaban J connectivity index is 1.67. The molecule has 2 aliphatic heterocycles. The minimum atomic E-state index is 0.283. The maximum Gasteiger partial charge on any atom is 0.142 e. The van der Waals surface area contributed by atoms with E-state index >= 15 is 0 Å². The first-order chi connectivity index (χ1) is 10.2. The molecule has 2 heterocycles. The van der Waals surface area contributed by atoms with Crippen molar-refractivity contribution >= 4 is 5.69 Å². The molecule has 0 spiro atoms. The molecule has 1 aromatic carbocycles. The number of anilines is 1. The first kappa shape index (κ1) is 14.7. The smallest absolute Gasteiger partial charge is 0.142 e. The summed E-state index contributed by atoms with van der Waals surface area (Å²) in [6.45, 7) is 10.1. The number of benzene rings is 1. The second-order valence-corrected chi connectivity index (χ2v) is 6.89. The summed E-state index contributed by atoms with van der Waals surface area (Å²) < 4.78 is 6.25. The number of nitrogens with zero attached hydrogens (tertiary/aromatic N) is 1. The van der Waals surface area contributed by atoms with Crippen LogP contribution >= 0.6 is 0 Å². The SMILES string of the molecule is CCN1CCCC(C)(COc2cccc3c2NCCC3)C1. The summed E-state index contributed by atoms with van der Waals surface area (Å²) in [7, 11) is 0. The molecule has 0 radical (unpaired) electrons. The zero-order valence-corrected chi connectivity index (χ0v) is 13.5. The third kappa shape index (κ3) is 3.34. The maximum absolute atomic E-state index is 6.25. The van der Waals surface area contributed by atoms with Crippen molar-refractivity contribution in [2.45, 2.75) is 39.5 Å². The molecular formula is C18H28N2O. The van der Waals surface area contributed by atoms with Crippen molar-refractivity contribution in [1.29, 1.82) is 0 Å². The molecule has 0 aliphatic carbocycles. The summed E-state index contributed by atoms with van der Waals surface area (Å²) in [5, 5.41) is 3.52. The van der Waals surface area contributed by atoms with Gasteiger partial charge in [-0.3, -0.25) is 0 Å². The number of hydrogen-bond acceptors (Lipinski definition) is 3. The van der Waals surface area contributed by atoms with E-state index in [-0.39, 0.29) is 5.41 Å². The Kier molecular flexibility index (Phi) is 4.39. The predicted molar refractivity (Wildman–Crippen MR) is 88.2 cm³/mol. The lowest BCUT2D eigenvalue weighted by molar-refractivity contribution is 0.0595. The van der Waals surface area contributed by atoms with Crippen molar-refractivity contribution in [3.8, 4) is 5.75 Å². The van der Waals surface area contributed by atoms with Gasteiger partial charge in [0.15, 0.2) is 0 Å². The summed E-state index contributed by atoms with van der Waals surface area (Å²) >= 11 is 0. The first-order valence-electron chi connectivity index (χ1n) is 8.41. The Morgan fingerprint density at radius 2 is 2.24 bits per heavy atom. The molecular weight excluding hydrogens is 260 g/mol. The van der Waals surface area contributed by atoms with Crippen molar-refractivity contribution in [3.63, 3.8) is 0 Å². The van der Waals surface area contributed by atoms with Gasteiger partial charge in [0.1, 0.15) is 5.75 Å². The molecule has 3 rings (SSSR count). The Morgan fingerprint density at radius 3 is 3.10 bits per heavy atom. The molecule has 3 heteroatoms. The monoisotopic (exact) mass is 288 g/mol. The van der Waals surface area contributed by atoms with Crippen LogP contribution in [0.4, 0.5) is 5.69 Å². The van der Waals surface area contributed by atoms with Crippen LogP contribution in [0.2, 0.25) is 0 Å². The highest BCUT2D eigenvalue weighted by Gasteiger charge is 2.31. The van der Waals surface area contributed by atoms with Crippen LogP contribution in [-0.4, -0.2) is 37.7 Å². The molecule has 0 aromatic heterocycles. The third-order valence-electron chi connectivity index (χ3n) is 4.92. The number of rotatable bonds is 4. The second kappa shape index (κ2) is 6.27. The fraction of sp³-hybridized carbons (Fsp3) is 0.667. The van der Waals surface area contributed by atoms with E-state index in [9.17, 15) is 0 Å². The van der Waals surface area contributed by atoms with E-state index in [0.717, 1.165) is 32.0 Å². The molecule has 0 saturated carbocycles.